The number of rotatable bonds is 9. The molecule has 0 saturated carbocycles. The van der Waals surface area contributed by atoms with Crippen LogP contribution >= 0.6 is 0 Å². The molecule has 0 amide bonds. The number of allylic oxidation sites excluding steroid dienone is 5. The van der Waals surface area contributed by atoms with E-state index in [9.17, 15) is 0 Å². The van der Waals surface area contributed by atoms with Crippen LogP contribution in [0.25, 0.3) is 0 Å². The third kappa shape index (κ3) is 12.5. The molecule has 0 heteroatoms. The highest BCUT2D eigenvalue weighted by Gasteiger charge is 1.92. The molecule has 0 aromatic rings. The van der Waals surface area contributed by atoms with Gasteiger partial charge in [-0.2, -0.15) is 0 Å². The topological polar surface area (TPSA) is 0 Å². The van der Waals surface area contributed by atoms with E-state index in [4.69, 9.17) is 0 Å². The molecule has 0 heterocycles. The van der Waals surface area contributed by atoms with Gasteiger partial charge in [0.1, 0.15) is 0 Å². The Balaban J connectivity index is 4.19. The molecular weight excluding hydrogens is 228 g/mol. The molecule has 0 aromatic heterocycles. The predicted molar refractivity (Wildman–Crippen MR) is 86.9 cm³/mol. The first-order chi connectivity index (χ1) is 9.20. The average Bonchev–Trinajstić information content (AvgIpc) is 2.38. The van der Waals surface area contributed by atoms with Gasteiger partial charge in [0.2, 0.25) is 0 Å². The fourth-order valence-electron chi connectivity index (χ4n) is 1.53. The van der Waals surface area contributed by atoms with E-state index in [-0.39, 0.29) is 0 Å². The normalized spacial score (nSPS) is 9.89. The molecule has 0 aromatic carbocycles. The van der Waals surface area contributed by atoms with Crippen molar-refractivity contribution in [3.05, 3.63) is 54.3 Å². The summed E-state index contributed by atoms with van der Waals surface area (Å²) in [5.74, 6) is 6.08. The average molecular weight is 254 g/mol. The van der Waals surface area contributed by atoms with E-state index in [1.54, 1.807) is 0 Å². The number of unbranched alkanes of at least 4 members (excludes halogenated alkanes) is 3. The van der Waals surface area contributed by atoms with Gasteiger partial charge in [-0.1, -0.05) is 17.6 Å². The molecule has 0 fully saturated rings. The Morgan fingerprint density at radius 1 is 1.16 bits per heavy atom. The number of hydrogen-bond acceptors (Lipinski definition) is 0. The van der Waals surface area contributed by atoms with Crippen molar-refractivity contribution >= 4 is 0 Å². The van der Waals surface area contributed by atoms with Crippen molar-refractivity contribution in [2.75, 3.05) is 0 Å². The van der Waals surface area contributed by atoms with Crippen LogP contribution in [-0.4, -0.2) is 0 Å². The van der Waals surface area contributed by atoms with E-state index in [2.05, 4.69) is 49.8 Å². The summed E-state index contributed by atoms with van der Waals surface area (Å²) in [6.07, 6.45) is 14.7. The van der Waals surface area contributed by atoms with Crippen LogP contribution in [0.2, 0.25) is 0 Å². The molecule has 0 atom stereocenters. The van der Waals surface area contributed by atoms with Gasteiger partial charge in [-0.25, -0.2) is 0 Å². The van der Waals surface area contributed by atoms with Gasteiger partial charge in [-0.15, -0.1) is 24.8 Å². The highest BCUT2D eigenvalue weighted by atomic mass is 14.0. The first kappa shape index (κ1) is 17.3. The standard InChI is InChI=1S/C19H26/c1-5-7-8-9-10-11-12-13-15-19(14-6-2)17-16-18(3)4/h5,11,13,15H,1,3,7-10,16-17H2,2,4H3/b19-15+. The highest BCUT2D eigenvalue weighted by Crippen LogP contribution is 2.09. The van der Waals surface area contributed by atoms with Crippen LogP contribution in [0.5, 0.6) is 0 Å². The van der Waals surface area contributed by atoms with Gasteiger partial charge >= 0.3 is 0 Å². The molecule has 0 spiro atoms. The molecule has 0 aliphatic carbocycles. The zero-order valence-electron chi connectivity index (χ0n) is 12.5. The van der Waals surface area contributed by atoms with Gasteiger partial charge in [-0.05, 0) is 70.6 Å². The lowest BCUT2D eigenvalue weighted by molar-refractivity contribution is 0.763. The van der Waals surface area contributed by atoms with E-state index < -0.39 is 0 Å². The van der Waals surface area contributed by atoms with E-state index in [0.29, 0.717) is 0 Å². The maximum atomic E-state index is 3.92. The smallest absolute Gasteiger partial charge is 0.00294 e. The summed E-state index contributed by atoms with van der Waals surface area (Å²) in [7, 11) is 0. The zero-order chi connectivity index (χ0) is 14.3. The molecule has 0 aliphatic heterocycles. The van der Waals surface area contributed by atoms with Crippen molar-refractivity contribution in [1.82, 2.24) is 0 Å². The first-order valence-electron chi connectivity index (χ1n) is 6.98. The second kappa shape index (κ2) is 12.7. The lowest BCUT2D eigenvalue weighted by Crippen LogP contribution is -1.81. The fraction of sp³-hybridized carbons (Fsp3) is 0.421. The third-order valence-corrected chi connectivity index (χ3v) is 2.61. The van der Waals surface area contributed by atoms with Gasteiger partial charge in [0.05, 0.1) is 0 Å². The molecule has 0 unspecified atom stereocenters. The Labute approximate surface area is 119 Å². The lowest BCUT2D eigenvalue weighted by Gasteiger charge is -1.98. The van der Waals surface area contributed by atoms with Crippen LogP contribution in [0.3, 0.4) is 0 Å². The van der Waals surface area contributed by atoms with Crippen molar-refractivity contribution in [2.45, 2.75) is 52.4 Å². The van der Waals surface area contributed by atoms with Gasteiger partial charge in [-0.3, -0.25) is 0 Å². The van der Waals surface area contributed by atoms with Crippen LogP contribution in [0.4, 0.5) is 0 Å². The molecule has 0 N–H and O–H groups in total. The van der Waals surface area contributed by atoms with E-state index in [0.717, 1.165) is 31.3 Å². The lowest BCUT2D eigenvalue weighted by atomic mass is 10.1. The van der Waals surface area contributed by atoms with Crippen LogP contribution in [-0.2, 0) is 0 Å². The van der Waals surface area contributed by atoms with Crippen LogP contribution < -0.4 is 0 Å². The monoisotopic (exact) mass is 254 g/mol. The van der Waals surface area contributed by atoms with Crippen molar-refractivity contribution in [3.8, 4) is 11.8 Å². The van der Waals surface area contributed by atoms with Crippen molar-refractivity contribution in [2.24, 2.45) is 0 Å². The van der Waals surface area contributed by atoms with Crippen LogP contribution in [0, 0.1) is 11.8 Å². The number of hydrogen-bond donors (Lipinski definition) is 0. The molecule has 19 heavy (non-hydrogen) atoms. The third-order valence-electron chi connectivity index (χ3n) is 2.61. The van der Waals surface area contributed by atoms with E-state index >= 15 is 0 Å². The molecule has 0 aliphatic rings. The summed E-state index contributed by atoms with van der Waals surface area (Å²) < 4.78 is 0. The Bertz CT molecular complexity index is 415. The Morgan fingerprint density at radius 2 is 1.89 bits per heavy atom. The van der Waals surface area contributed by atoms with Gasteiger partial charge in [0.15, 0.2) is 0 Å². The highest BCUT2D eigenvalue weighted by molar-refractivity contribution is 5.31. The molecule has 0 saturated heterocycles. The molecule has 102 valence electrons. The van der Waals surface area contributed by atoms with Crippen LogP contribution in [0.1, 0.15) is 52.4 Å². The second-order valence-corrected chi connectivity index (χ2v) is 4.63. The summed E-state index contributed by atoms with van der Waals surface area (Å²) in [6, 6.07) is 0. The quantitative estimate of drug-likeness (QED) is 0.161. The summed E-state index contributed by atoms with van der Waals surface area (Å²) in [5, 5.41) is 0. The maximum Gasteiger partial charge on any atom is 0.00294 e. The van der Waals surface area contributed by atoms with Crippen LogP contribution in [0.15, 0.2) is 54.3 Å². The Hall–Kier alpha value is -1.70. The van der Waals surface area contributed by atoms with Crippen molar-refractivity contribution < 1.29 is 0 Å². The Morgan fingerprint density at radius 3 is 2.53 bits per heavy atom. The first-order valence-corrected chi connectivity index (χ1v) is 6.98. The minimum absolute atomic E-state index is 0.966. The van der Waals surface area contributed by atoms with E-state index in [1.165, 1.54) is 18.4 Å². The largest absolute Gasteiger partial charge is 0.125 e. The van der Waals surface area contributed by atoms with Gasteiger partial charge in [0.25, 0.3) is 0 Å². The van der Waals surface area contributed by atoms with E-state index in [1.807, 2.05) is 19.1 Å². The van der Waals surface area contributed by atoms with Gasteiger partial charge < -0.3 is 0 Å². The summed E-state index contributed by atoms with van der Waals surface area (Å²) in [4.78, 5) is 0. The summed E-state index contributed by atoms with van der Waals surface area (Å²) in [5.41, 5.74) is 5.55. The SMILES string of the molecule is C=CCCCCC=C=C/C=C(\C#CC)CCC(=C)C. The minimum atomic E-state index is 0.966. The summed E-state index contributed by atoms with van der Waals surface area (Å²) in [6.45, 7) is 11.6. The fourth-order valence-corrected chi connectivity index (χ4v) is 1.53. The molecule has 0 nitrogen and oxygen atoms in total. The second-order valence-electron chi connectivity index (χ2n) is 4.63. The minimum Gasteiger partial charge on any atom is -0.125 e. The summed E-state index contributed by atoms with van der Waals surface area (Å²) >= 11 is 0. The van der Waals surface area contributed by atoms with Crippen molar-refractivity contribution in [3.63, 3.8) is 0 Å². The molecule has 0 bridgehead atoms. The maximum absolute atomic E-state index is 3.92. The molecular formula is C19H26. The van der Waals surface area contributed by atoms with Crippen molar-refractivity contribution in [1.29, 1.82) is 0 Å². The zero-order valence-corrected chi connectivity index (χ0v) is 12.5. The predicted octanol–water partition coefficient (Wildman–Crippen LogP) is 5.75. The molecule has 0 radical (unpaired) electrons. The molecule has 0 rings (SSSR count). The Kier molecular flexibility index (Phi) is 11.6. The van der Waals surface area contributed by atoms with Gasteiger partial charge in [0, 0.05) is 5.57 Å².